The second-order valence-corrected chi connectivity index (χ2v) is 7.12. The molecule has 0 aliphatic carbocycles. The molecule has 1 aliphatic rings. The van der Waals surface area contributed by atoms with Crippen LogP contribution in [-0.2, 0) is 20.7 Å². The monoisotopic (exact) mass is 402 g/mol. The third kappa shape index (κ3) is 4.74. The number of rotatable bonds is 7. The van der Waals surface area contributed by atoms with Crippen molar-refractivity contribution in [1.29, 1.82) is 0 Å². The minimum Gasteiger partial charge on any atom is -0.504 e. The highest BCUT2D eigenvalue weighted by Gasteiger charge is 2.39. The summed E-state index contributed by atoms with van der Waals surface area (Å²) in [5, 5.41) is 19.7. The van der Waals surface area contributed by atoms with Gasteiger partial charge in [-0.05, 0) is 47.7 Å². The van der Waals surface area contributed by atoms with Crippen molar-refractivity contribution in [2.75, 3.05) is 27.4 Å². The lowest BCUT2D eigenvalue weighted by Crippen LogP contribution is -2.24. The molecule has 0 amide bonds. The van der Waals surface area contributed by atoms with Gasteiger partial charge in [-0.2, -0.15) is 0 Å². The van der Waals surface area contributed by atoms with Crippen molar-refractivity contribution in [2.45, 2.75) is 19.4 Å². The van der Waals surface area contributed by atoms with Gasteiger partial charge >= 0.3 is 5.97 Å². The maximum absolute atomic E-state index is 11.4. The van der Waals surface area contributed by atoms with Gasteiger partial charge in [0, 0.05) is 12.8 Å². The van der Waals surface area contributed by atoms with Gasteiger partial charge in [0.15, 0.2) is 23.0 Å². The molecule has 0 aromatic heterocycles. The molecule has 0 radical (unpaired) electrons. The average Bonchev–Trinajstić information content (AvgIpc) is 3.10. The molecule has 0 spiro atoms. The van der Waals surface area contributed by atoms with Gasteiger partial charge in [-0.1, -0.05) is 12.1 Å². The first-order valence-corrected chi connectivity index (χ1v) is 9.40. The van der Waals surface area contributed by atoms with Crippen LogP contribution in [0, 0.1) is 11.8 Å². The zero-order valence-electron chi connectivity index (χ0n) is 16.8. The van der Waals surface area contributed by atoms with E-state index < -0.39 is 0 Å². The predicted octanol–water partition coefficient (Wildman–Crippen LogP) is 3.22. The lowest BCUT2D eigenvalue weighted by molar-refractivity contribution is -0.143. The van der Waals surface area contributed by atoms with Gasteiger partial charge in [0.25, 0.3) is 0 Å². The molecule has 0 bridgehead atoms. The van der Waals surface area contributed by atoms with Crippen LogP contribution in [0.4, 0.5) is 0 Å². The Labute approximate surface area is 169 Å². The van der Waals surface area contributed by atoms with E-state index in [0.29, 0.717) is 24.5 Å². The number of phenols is 2. The van der Waals surface area contributed by atoms with Gasteiger partial charge in [0.05, 0.1) is 33.5 Å². The van der Waals surface area contributed by atoms with Crippen molar-refractivity contribution in [3.63, 3.8) is 0 Å². The first-order valence-electron chi connectivity index (χ1n) is 9.40. The molecule has 1 aliphatic heterocycles. The van der Waals surface area contributed by atoms with Crippen LogP contribution in [0.1, 0.15) is 24.2 Å². The number of hydrogen-bond acceptors (Lipinski definition) is 7. The molecule has 3 atom stereocenters. The number of benzene rings is 2. The van der Waals surface area contributed by atoms with Crippen molar-refractivity contribution < 1.29 is 34.0 Å². The molecule has 1 fully saturated rings. The van der Waals surface area contributed by atoms with Crippen LogP contribution >= 0.6 is 0 Å². The van der Waals surface area contributed by atoms with Crippen LogP contribution in [0.3, 0.4) is 0 Å². The molecule has 2 aromatic rings. The number of esters is 1. The number of carbonyl (C=O) groups is 1. The summed E-state index contributed by atoms with van der Waals surface area (Å²) in [5.74, 6) is 0.593. The molecule has 29 heavy (non-hydrogen) atoms. The Morgan fingerprint density at radius 2 is 1.72 bits per heavy atom. The fourth-order valence-corrected chi connectivity index (χ4v) is 3.74. The smallest absolute Gasteiger partial charge is 0.302 e. The van der Waals surface area contributed by atoms with Crippen LogP contribution in [0.25, 0.3) is 0 Å². The number of methoxy groups -OCH3 is 2. The molecule has 2 N–H and O–H groups in total. The van der Waals surface area contributed by atoms with E-state index >= 15 is 0 Å². The van der Waals surface area contributed by atoms with E-state index in [1.54, 1.807) is 30.3 Å². The maximum Gasteiger partial charge on any atom is 0.302 e. The zero-order valence-corrected chi connectivity index (χ0v) is 16.8. The Morgan fingerprint density at radius 3 is 2.38 bits per heavy atom. The molecule has 1 saturated heterocycles. The summed E-state index contributed by atoms with van der Waals surface area (Å²) >= 11 is 0. The number of ether oxygens (including phenoxy) is 4. The molecule has 3 rings (SSSR count). The molecule has 7 heteroatoms. The number of phenolic OH excluding ortho intramolecular Hbond substituents is 2. The molecule has 2 aromatic carbocycles. The van der Waals surface area contributed by atoms with Crippen molar-refractivity contribution in [1.82, 2.24) is 0 Å². The van der Waals surface area contributed by atoms with Crippen LogP contribution in [-0.4, -0.2) is 43.6 Å². The number of hydrogen-bond donors (Lipinski definition) is 2. The molecule has 7 nitrogen and oxygen atoms in total. The van der Waals surface area contributed by atoms with Gasteiger partial charge in [-0.15, -0.1) is 0 Å². The number of carbonyl (C=O) groups excluding carboxylic acids is 1. The summed E-state index contributed by atoms with van der Waals surface area (Å²) in [7, 11) is 3.00. The lowest BCUT2D eigenvalue weighted by Gasteiger charge is -2.23. The molecule has 156 valence electrons. The van der Waals surface area contributed by atoms with Crippen LogP contribution in [0.2, 0.25) is 0 Å². The number of aromatic hydroxyl groups is 2. The Bertz CT molecular complexity index is 864. The van der Waals surface area contributed by atoms with Crippen LogP contribution in [0.5, 0.6) is 23.0 Å². The first kappa shape index (κ1) is 20.8. The van der Waals surface area contributed by atoms with Crippen LogP contribution in [0.15, 0.2) is 36.4 Å². The van der Waals surface area contributed by atoms with E-state index in [1.807, 2.05) is 6.07 Å². The Hall–Kier alpha value is -2.93. The summed E-state index contributed by atoms with van der Waals surface area (Å²) in [6.45, 7) is 2.10. The van der Waals surface area contributed by atoms with Gasteiger partial charge in [-0.25, -0.2) is 0 Å². The summed E-state index contributed by atoms with van der Waals surface area (Å²) < 4.78 is 21.8. The van der Waals surface area contributed by atoms with E-state index in [-0.39, 0.29) is 42.0 Å². The van der Waals surface area contributed by atoms with Crippen molar-refractivity contribution in [2.24, 2.45) is 11.8 Å². The third-order valence-electron chi connectivity index (χ3n) is 5.24. The van der Waals surface area contributed by atoms with Crippen LogP contribution < -0.4 is 9.47 Å². The van der Waals surface area contributed by atoms with Gasteiger partial charge in [0.2, 0.25) is 0 Å². The molecular weight excluding hydrogens is 376 g/mol. The van der Waals surface area contributed by atoms with Crippen molar-refractivity contribution >= 4 is 5.97 Å². The normalized spacial score (nSPS) is 21.0. The summed E-state index contributed by atoms with van der Waals surface area (Å²) in [4.78, 5) is 11.4. The standard InChI is InChI=1S/C22H26O7/c1-13(23)28-12-17-16(8-14-4-6-18(24)20(9-14)26-2)11-29-22(17)15-5-7-19(25)21(10-15)27-3/h4-7,9-10,16-17,22,24-25H,8,11-12H2,1-3H3/t16-,17-,22+/m1/s1. The fraction of sp³-hybridized carbons (Fsp3) is 0.409. The summed E-state index contributed by atoms with van der Waals surface area (Å²) in [6.07, 6.45) is 0.377. The average molecular weight is 402 g/mol. The predicted molar refractivity (Wildman–Crippen MR) is 105 cm³/mol. The quantitative estimate of drug-likeness (QED) is 0.687. The minimum absolute atomic E-state index is 0.0542. The summed E-state index contributed by atoms with van der Waals surface area (Å²) in [6, 6.07) is 10.3. The molecule has 0 saturated carbocycles. The molecule has 1 heterocycles. The highest BCUT2D eigenvalue weighted by molar-refractivity contribution is 5.65. The lowest BCUT2D eigenvalue weighted by atomic mass is 9.84. The topological polar surface area (TPSA) is 94.5 Å². The Kier molecular flexibility index (Phi) is 6.49. The highest BCUT2D eigenvalue weighted by Crippen LogP contribution is 2.42. The minimum atomic E-state index is -0.344. The van der Waals surface area contributed by atoms with E-state index in [2.05, 4.69) is 0 Å². The Morgan fingerprint density at radius 1 is 1.07 bits per heavy atom. The second kappa shape index (κ2) is 9.05. The molecular formula is C22H26O7. The van der Waals surface area contributed by atoms with Gasteiger partial charge < -0.3 is 29.2 Å². The zero-order chi connectivity index (χ0) is 21.0. The first-order chi connectivity index (χ1) is 13.9. The van der Waals surface area contributed by atoms with E-state index in [4.69, 9.17) is 18.9 Å². The summed E-state index contributed by atoms with van der Waals surface area (Å²) in [5.41, 5.74) is 1.84. The fourth-order valence-electron chi connectivity index (χ4n) is 3.74. The highest BCUT2D eigenvalue weighted by atomic mass is 16.5. The SMILES string of the molecule is COc1cc(C[C@@H]2CO[C@@H](c3ccc(O)c(OC)c3)[C@@H]2COC(C)=O)ccc1O. The second-order valence-electron chi connectivity index (χ2n) is 7.12. The maximum atomic E-state index is 11.4. The van der Waals surface area contributed by atoms with E-state index in [0.717, 1.165) is 11.1 Å². The van der Waals surface area contributed by atoms with Crippen molar-refractivity contribution in [3.05, 3.63) is 47.5 Å². The molecule has 0 unspecified atom stereocenters. The van der Waals surface area contributed by atoms with Crippen molar-refractivity contribution in [3.8, 4) is 23.0 Å². The van der Waals surface area contributed by atoms with Gasteiger partial charge in [-0.3, -0.25) is 4.79 Å². The Balaban J connectivity index is 1.84. The largest absolute Gasteiger partial charge is 0.504 e. The van der Waals surface area contributed by atoms with E-state index in [1.165, 1.54) is 21.1 Å². The third-order valence-corrected chi connectivity index (χ3v) is 5.24. The van der Waals surface area contributed by atoms with Gasteiger partial charge in [0.1, 0.15) is 0 Å². The van der Waals surface area contributed by atoms with E-state index in [9.17, 15) is 15.0 Å².